The van der Waals surface area contributed by atoms with Crippen LogP contribution < -0.4 is 4.74 Å². The summed E-state index contributed by atoms with van der Waals surface area (Å²) in [6.45, 7) is 7.90. The molecule has 1 rings (SSSR count). The molecule has 0 N–H and O–H groups in total. The van der Waals surface area contributed by atoms with Gasteiger partial charge < -0.3 is 9.47 Å². The Hall–Kier alpha value is -1.84. The number of aryl methyl sites for hydroxylation is 1. The zero-order chi connectivity index (χ0) is 15.3. The Kier molecular flexibility index (Phi) is 5.74. The monoisotopic (exact) mass is 278 g/mol. The number of esters is 1. The first kappa shape index (κ1) is 16.2. The van der Waals surface area contributed by atoms with E-state index in [1.54, 1.807) is 26.2 Å². The van der Waals surface area contributed by atoms with Crippen molar-refractivity contribution in [2.45, 2.75) is 40.0 Å². The number of benzene rings is 1. The third-order valence-corrected chi connectivity index (χ3v) is 3.12. The summed E-state index contributed by atoms with van der Waals surface area (Å²) in [5, 5.41) is 0. The Bertz CT molecular complexity index is 503. The topological polar surface area (TPSA) is 52.6 Å². The van der Waals surface area contributed by atoms with Crippen molar-refractivity contribution in [2.75, 3.05) is 13.7 Å². The van der Waals surface area contributed by atoms with Crippen molar-refractivity contribution in [3.63, 3.8) is 0 Å². The van der Waals surface area contributed by atoms with Crippen LogP contribution in [0.1, 0.15) is 55.1 Å². The zero-order valence-corrected chi connectivity index (χ0v) is 12.8. The second-order valence-electron chi connectivity index (χ2n) is 4.82. The zero-order valence-electron chi connectivity index (χ0n) is 12.8. The second kappa shape index (κ2) is 7.08. The molecular formula is C16H22O4. The maximum atomic E-state index is 12.1. The summed E-state index contributed by atoms with van der Waals surface area (Å²) in [5.41, 5.74) is 2.22. The maximum Gasteiger partial charge on any atom is 0.379 e. The van der Waals surface area contributed by atoms with E-state index in [0.29, 0.717) is 5.56 Å². The largest absolute Gasteiger partial charge is 0.496 e. The lowest BCUT2D eigenvalue weighted by atomic mass is 9.93. The lowest BCUT2D eigenvalue weighted by Gasteiger charge is -2.17. The van der Waals surface area contributed by atoms with E-state index in [2.05, 4.69) is 0 Å². The van der Waals surface area contributed by atoms with Gasteiger partial charge in [0.15, 0.2) is 0 Å². The molecule has 0 saturated carbocycles. The van der Waals surface area contributed by atoms with Crippen molar-refractivity contribution >= 4 is 11.8 Å². The van der Waals surface area contributed by atoms with Crippen LogP contribution in [0.2, 0.25) is 0 Å². The predicted octanol–water partition coefficient (Wildman–Crippen LogP) is 3.13. The van der Waals surface area contributed by atoms with E-state index >= 15 is 0 Å². The molecule has 0 heterocycles. The summed E-state index contributed by atoms with van der Waals surface area (Å²) >= 11 is 0. The molecule has 110 valence electrons. The number of rotatable bonds is 6. The molecule has 0 amide bonds. The van der Waals surface area contributed by atoms with Gasteiger partial charge in [-0.3, -0.25) is 4.79 Å². The number of Topliss-reactive ketones (excluding diaryl/α,β-unsaturated/α-hetero) is 1. The van der Waals surface area contributed by atoms with Crippen LogP contribution in [0.25, 0.3) is 0 Å². The van der Waals surface area contributed by atoms with Crippen LogP contribution in [0.15, 0.2) is 12.1 Å². The van der Waals surface area contributed by atoms with E-state index in [1.165, 1.54) is 0 Å². The number of methoxy groups -OCH3 is 1. The van der Waals surface area contributed by atoms with Crippen LogP contribution in [0, 0.1) is 0 Å². The maximum absolute atomic E-state index is 12.1. The Morgan fingerprint density at radius 2 is 1.85 bits per heavy atom. The Labute approximate surface area is 120 Å². The lowest BCUT2D eigenvalue weighted by Crippen LogP contribution is -2.18. The molecule has 0 fully saturated rings. The number of carbonyl (C=O) groups excluding carboxylic acids is 2. The Morgan fingerprint density at radius 3 is 2.30 bits per heavy atom. The summed E-state index contributed by atoms with van der Waals surface area (Å²) in [5.74, 6) is -0.423. The van der Waals surface area contributed by atoms with E-state index in [1.807, 2.05) is 20.8 Å². The molecule has 4 nitrogen and oxygen atoms in total. The summed E-state index contributed by atoms with van der Waals surface area (Å²) in [6.07, 6.45) is 0.729. The van der Waals surface area contributed by atoms with Gasteiger partial charge in [0.25, 0.3) is 5.78 Å². The quantitative estimate of drug-likeness (QED) is 0.456. The third-order valence-electron chi connectivity index (χ3n) is 3.12. The normalized spacial score (nSPS) is 10.5. The van der Waals surface area contributed by atoms with Gasteiger partial charge in [-0.15, -0.1) is 0 Å². The highest BCUT2D eigenvalue weighted by atomic mass is 16.5. The van der Waals surface area contributed by atoms with Gasteiger partial charge in [-0.25, -0.2) is 4.79 Å². The molecule has 0 spiro atoms. The van der Waals surface area contributed by atoms with Gasteiger partial charge in [-0.2, -0.15) is 0 Å². The molecule has 0 aliphatic heterocycles. The molecule has 0 bridgehead atoms. The minimum Gasteiger partial charge on any atom is -0.496 e. The fourth-order valence-corrected chi connectivity index (χ4v) is 2.10. The number of hydrogen-bond acceptors (Lipinski definition) is 4. The second-order valence-corrected chi connectivity index (χ2v) is 4.82. The first-order chi connectivity index (χ1) is 9.46. The SMILES string of the molecule is CCOC(=O)C(=O)c1cc(CC)c(OC)c(C(C)C)c1. The van der Waals surface area contributed by atoms with Gasteiger partial charge in [-0.05, 0) is 42.5 Å². The van der Waals surface area contributed by atoms with Crippen LogP contribution in [0.5, 0.6) is 5.75 Å². The van der Waals surface area contributed by atoms with Gasteiger partial charge in [0, 0.05) is 5.56 Å². The first-order valence-electron chi connectivity index (χ1n) is 6.88. The van der Waals surface area contributed by atoms with Crippen LogP contribution in [-0.2, 0) is 16.0 Å². The Morgan fingerprint density at radius 1 is 1.20 bits per heavy atom. The van der Waals surface area contributed by atoms with Crippen molar-refractivity contribution in [3.05, 3.63) is 28.8 Å². The summed E-state index contributed by atoms with van der Waals surface area (Å²) in [6, 6.07) is 3.44. The third kappa shape index (κ3) is 3.38. The number of ketones is 1. The van der Waals surface area contributed by atoms with Gasteiger partial charge in [-0.1, -0.05) is 20.8 Å². The van der Waals surface area contributed by atoms with Crippen LogP contribution in [0.4, 0.5) is 0 Å². The fraction of sp³-hybridized carbons (Fsp3) is 0.500. The average Bonchev–Trinajstić information content (AvgIpc) is 2.44. The number of carbonyl (C=O) groups is 2. The molecule has 0 unspecified atom stereocenters. The van der Waals surface area contributed by atoms with E-state index in [9.17, 15) is 9.59 Å². The van der Waals surface area contributed by atoms with E-state index in [-0.39, 0.29) is 12.5 Å². The van der Waals surface area contributed by atoms with Gasteiger partial charge >= 0.3 is 5.97 Å². The fourth-order valence-electron chi connectivity index (χ4n) is 2.10. The highest BCUT2D eigenvalue weighted by Gasteiger charge is 2.22. The van der Waals surface area contributed by atoms with Crippen molar-refractivity contribution in [1.82, 2.24) is 0 Å². The first-order valence-corrected chi connectivity index (χ1v) is 6.88. The molecule has 0 saturated heterocycles. The highest BCUT2D eigenvalue weighted by Crippen LogP contribution is 2.32. The molecule has 20 heavy (non-hydrogen) atoms. The average molecular weight is 278 g/mol. The van der Waals surface area contributed by atoms with Gasteiger partial charge in [0.2, 0.25) is 0 Å². The van der Waals surface area contributed by atoms with Crippen molar-refractivity contribution < 1.29 is 19.1 Å². The molecule has 0 atom stereocenters. The summed E-state index contributed by atoms with van der Waals surface area (Å²) < 4.78 is 10.2. The minimum atomic E-state index is -0.811. The predicted molar refractivity (Wildman–Crippen MR) is 77.4 cm³/mol. The molecule has 0 radical (unpaired) electrons. The van der Waals surface area contributed by atoms with Crippen LogP contribution in [-0.4, -0.2) is 25.5 Å². The van der Waals surface area contributed by atoms with Gasteiger partial charge in [0.05, 0.1) is 13.7 Å². The number of hydrogen-bond donors (Lipinski definition) is 0. The van der Waals surface area contributed by atoms with Crippen molar-refractivity contribution in [2.24, 2.45) is 0 Å². The molecule has 1 aromatic rings. The molecule has 0 aliphatic rings. The van der Waals surface area contributed by atoms with Gasteiger partial charge in [0.1, 0.15) is 5.75 Å². The van der Waals surface area contributed by atoms with Crippen LogP contribution >= 0.6 is 0 Å². The molecular weight excluding hydrogens is 256 g/mol. The minimum absolute atomic E-state index is 0.193. The van der Waals surface area contributed by atoms with E-state index in [4.69, 9.17) is 9.47 Å². The smallest absolute Gasteiger partial charge is 0.379 e. The molecule has 0 aromatic heterocycles. The van der Waals surface area contributed by atoms with Crippen molar-refractivity contribution in [3.8, 4) is 5.75 Å². The Balaban J connectivity index is 3.32. The molecule has 1 aromatic carbocycles. The van der Waals surface area contributed by atoms with E-state index < -0.39 is 11.8 Å². The van der Waals surface area contributed by atoms with E-state index in [0.717, 1.165) is 23.3 Å². The number of ether oxygens (including phenoxy) is 2. The molecule has 0 aliphatic carbocycles. The standard InChI is InChI=1S/C16H22O4/c1-6-11-8-12(14(17)16(18)20-7-2)9-13(10(3)4)15(11)19-5/h8-10H,6-7H2,1-5H3. The highest BCUT2D eigenvalue weighted by molar-refractivity contribution is 6.40. The van der Waals surface area contributed by atoms with Crippen molar-refractivity contribution in [1.29, 1.82) is 0 Å². The summed E-state index contributed by atoms with van der Waals surface area (Å²) in [7, 11) is 1.62. The lowest BCUT2D eigenvalue weighted by molar-refractivity contribution is -0.137. The summed E-state index contributed by atoms with van der Waals surface area (Å²) in [4.78, 5) is 23.6. The van der Waals surface area contributed by atoms with Crippen LogP contribution in [0.3, 0.4) is 0 Å². The molecule has 4 heteroatoms.